The molecule has 4 fully saturated rings. The molecule has 9 atom stereocenters. The molecule has 2 saturated carbocycles. The zero-order valence-electron chi connectivity index (χ0n) is 22.4. The summed E-state index contributed by atoms with van der Waals surface area (Å²) in [5, 5.41) is 6.22. The van der Waals surface area contributed by atoms with E-state index >= 15 is 8.78 Å². The number of hydrogen-bond acceptors (Lipinski definition) is 6. The van der Waals surface area contributed by atoms with Crippen LogP contribution in [-0.2, 0) is 19.2 Å². The fraction of sp³-hybridized carbons (Fsp3) is 0.840. The Labute approximate surface area is 234 Å². The van der Waals surface area contributed by atoms with Gasteiger partial charge in [0.05, 0.1) is 11.4 Å². The van der Waals surface area contributed by atoms with Gasteiger partial charge >= 0.3 is 12.1 Å². The summed E-state index contributed by atoms with van der Waals surface area (Å²) in [5.74, 6) is -11.7. The Kier molecular flexibility index (Phi) is 8.15. The summed E-state index contributed by atoms with van der Waals surface area (Å²) in [6, 6.07) is -3.94. The number of carbonyl (C=O) groups is 4. The summed E-state index contributed by atoms with van der Waals surface area (Å²) in [6.07, 6.45) is -4.26. The quantitative estimate of drug-likeness (QED) is 0.172. The van der Waals surface area contributed by atoms with Gasteiger partial charge in [0.15, 0.2) is 0 Å². The van der Waals surface area contributed by atoms with E-state index in [1.165, 1.54) is 20.8 Å². The topological polar surface area (TPSA) is 134 Å². The molecule has 2 aliphatic heterocycles. The number of rotatable bonds is 7. The van der Waals surface area contributed by atoms with E-state index in [1.807, 2.05) is 0 Å². The SMILES string of the molecule is CC(C)(C)[C@H](NC(=O)C(F)(F)F)C(=O)N1C[C@H]2[C@@H]([C@H]1C(=O)N[C@H](C[C@@H]1CCNC1=O)[C@@H](N)S)[C@H]1CC[C@@H]2C1(F)F. The summed E-state index contributed by atoms with van der Waals surface area (Å²) in [6.45, 7) is 4.57. The summed E-state index contributed by atoms with van der Waals surface area (Å²) < 4.78 is 69.6. The van der Waals surface area contributed by atoms with Crippen LogP contribution < -0.4 is 21.7 Å². The number of nitrogens with zero attached hydrogens (tertiary/aromatic N) is 1. The number of hydrogen-bond donors (Lipinski definition) is 5. The van der Waals surface area contributed by atoms with Gasteiger partial charge in [0.1, 0.15) is 12.1 Å². The van der Waals surface area contributed by atoms with E-state index < -0.39 is 88.3 Å². The molecule has 0 aromatic rings. The number of nitrogens with two attached hydrogens (primary N) is 1. The molecule has 0 aromatic heterocycles. The zero-order chi connectivity index (χ0) is 29.9. The second-order valence-electron chi connectivity index (χ2n) is 12.5. The molecular formula is C25H36F5N5O4S. The maximum absolute atomic E-state index is 15.1. The molecular weight excluding hydrogens is 561 g/mol. The normalized spacial score (nSPS) is 33.2. The minimum Gasteiger partial charge on any atom is -0.356 e. The molecule has 0 radical (unpaired) electrons. The predicted octanol–water partition coefficient (Wildman–Crippen LogP) is 1.42. The summed E-state index contributed by atoms with van der Waals surface area (Å²) in [5.41, 5.74) is 4.77. The van der Waals surface area contributed by atoms with Crippen LogP contribution in [0.4, 0.5) is 22.0 Å². The molecule has 4 rings (SSSR count). The van der Waals surface area contributed by atoms with Gasteiger partial charge < -0.3 is 26.6 Å². The Morgan fingerprint density at radius 1 is 1.12 bits per heavy atom. The number of halogens is 5. The molecule has 15 heteroatoms. The van der Waals surface area contributed by atoms with Gasteiger partial charge in [-0.05, 0) is 37.0 Å². The van der Waals surface area contributed by atoms with Crippen LogP contribution in [0.15, 0.2) is 0 Å². The molecule has 4 amide bonds. The Bertz CT molecular complexity index is 1050. The van der Waals surface area contributed by atoms with E-state index in [-0.39, 0.29) is 31.7 Å². The van der Waals surface area contributed by atoms with Crippen molar-refractivity contribution < 1.29 is 41.1 Å². The molecule has 9 nitrogen and oxygen atoms in total. The Morgan fingerprint density at radius 2 is 1.75 bits per heavy atom. The first kappa shape index (κ1) is 30.8. The predicted molar refractivity (Wildman–Crippen MR) is 136 cm³/mol. The first-order chi connectivity index (χ1) is 18.4. The fourth-order valence-electron chi connectivity index (χ4n) is 7.08. The van der Waals surface area contributed by atoms with Crippen LogP contribution in [0.5, 0.6) is 0 Å². The van der Waals surface area contributed by atoms with Gasteiger partial charge in [-0.15, -0.1) is 0 Å². The van der Waals surface area contributed by atoms with E-state index in [4.69, 9.17) is 5.73 Å². The Balaban J connectivity index is 1.65. The minimum absolute atomic E-state index is 0.130. The molecule has 2 bridgehead atoms. The van der Waals surface area contributed by atoms with Crippen LogP contribution in [0, 0.1) is 35.0 Å². The monoisotopic (exact) mass is 597 g/mol. The molecule has 0 spiro atoms. The van der Waals surface area contributed by atoms with E-state index in [1.54, 1.807) is 5.32 Å². The third kappa shape index (κ3) is 5.51. The van der Waals surface area contributed by atoms with Crippen LogP contribution in [0.3, 0.4) is 0 Å². The average molecular weight is 598 g/mol. The van der Waals surface area contributed by atoms with Gasteiger partial charge in [0.2, 0.25) is 17.7 Å². The Morgan fingerprint density at radius 3 is 2.27 bits per heavy atom. The molecule has 4 aliphatic rings. The van der Waals surface area contributed by atoms with E-state index in [9.17, 15) is 32.3 Å². The van der Waals surface area contributed by atoms with E-state index in [0.29, 0.717) is 13.0 Å². The standard InChI is InChI=1S/C25H36F5N5O4S/c1-23(2,3)17(34-22(39)25(28,29)30)21(38)35-9-11-12-4-5-13(24(12,26)27)15(11)16(35)20(37)33-14(18(31)40)8-10-6-7-32-19(10)36/h10-18,40H,4-9,31H2,1-3H3,(H,32,36)(H,33,37)(H,34,39)/t10-,11+,12-,13+,14+,15+,16-,17+,18-/m0/s1. The largest absolute Gasteiger partial charge is 0.471 e. The number of likely N-dealkylation sites (tertiary alicyclic amines) is 1. The average Bonchev–Trinajstić information content (AvgIpc) is 3.54. The first-order valence-corrected chi connectivity index (χ1v) is 13.9. The fourth-order valence-corrected chi connectivity index (χ4v) is 7.28. The molecule has 2 aliphatic carbocycles. The van der Waals surface area contributed by atoms with Crippen molar-refractivity contribution in [1.29, 1.82) is 0 Å². The highest BCUT2D eigenvalue weighted by Crippen LogP contribution is 2.64. The third-order valence-electron chi connectivity index (χ3n) is 9.00. The highest BCUT2D eigenvalue weighted by molar-refractivity contribution is 7.80. The van der Waals surface area contributed by atoms with Crippen molar-refractivity contribution >= 4 is 36.3 Å². The molecule has 40 heavy (non-hydrogen) atoms. The van der Waals surface area contributed by atoms with E-state index in [0.717, 1.165) is 4.90 Å². The van der Waals surface area contributed by atoms with Gasteiger partial charge in [-0.1, -0.05) is 20.8 Å². The number of carbonyl (C=O) groups excluding carboxylic acids is 4. The third-order valence-corrected chi connectivity index (χ3v) is 9.36. The van der Waals surface area contributed by atoms with Crippen molar-refractivity contribution in [2.45, 2.75) is 82.1 Å². The maximum Gasteiger partial charge on any atom is 0.471 e. The summed E-state index contributed by atoms with van der Waals surface area (Å²) in [4.78, 5) is 52.6. The number of fused-ring (bicyclic) bond motifs is 5. The van der Waals surface area contributed by atoms with Crippen LogP contribution in [0.1, 0.15) is 46.5 Å². The van der Waals surface area contributed by atoms with Crippen molar-refractivity contribution in [3.63, 3.8) is 0 Å². The minimum atomic E-state index is -5.26. The van der Waals surface area contributed by atoms with Crippen molar-refractivity contribution in [3.05, 3.63) is 0 Å². The highest BCUT2D eigenvalue weighted by Gasteiger charge is 2.71. The molecule has 2 saturated heterocycles. The number of thiol groups is 1. The molecule has 2 heterocycles. The van der Waals surface area contributed by atoms with Crippen LogP contribution in [-0.4, -0.2) is 77.2 Å². The highest BCUT2D eigenvalue weighted by atomic mass is 32.1. The molecule has 0 unspecified atom stereocenters. The summed E-state index contributed by atoms with van der Waals surface area (Å²) in [7, 11) is 0. The van der Waals surface area contributed by atoms with Crippen LogP contribution >= 0.6 is 12.6 Å². The number of amides is 4. The molecule has 226 valence electrons. The van der Waals surface area contributed by atoms with Crippen molar-refractivity contribution in [2.24, 2.45) is 40.7 Å². The second kappa shape index (κ2) is 10.6. The maximum atomic E-state index is 15.1. The molecule has 5 N–H and O–H groups in total. The van der Waals surface area contributed by atoms with Gasteiger partial charge in [-0.3, -0.25) is 19.2 Å². The number of nitrogens with one attached hydrogen (secondary N) is 3. The zero-order valence-corrected chi connectivity index (χ0v) is 23.3. The second-order valence-corrected chi connectivity index (χ2v) is 13.1. The number of alkyl halides is 5. The van der Waals surface area contributed by atoms with Crippen molar-refractivity contribution in [3.8, 4) is 0 Å². The molecule has 0 aromatic carbocycles. The van der Waals surface area contributed by atoms with Crippen LogP contribution in [0.25, 0.3) is 0 Å². The van der Waals surface area contributed by atoms with Crippen molar-refractivity contribution in [2.75, 3.05) is 13.1 Å². The smallest absolute Gasteiger partial charge is 0.356 e. The van der Waals surface area contributed by atoms with Gasteiger partial charge in [-0.2, -0.15) is 25.8 Å². The lowest BCUT2D eigenvalue weighted by Gasteiger charge is -2.38. The van der Waals surface area contributed by atoms with E-state index in [2.05, 4.69) is 23.3 Å². The van der Waals surface area contributed by atoms with Crippen molar-refractivity contribution in [1.82, 2.24) is 20.9 Å². The Hall–Kier alpha value is -2.16. The van der Waals surface area contributed by atoms with Gasteiger partial charge in [-0.25, -0.2) is 8.78 Å². The lowest BCUT2D eigenvalue weighted by molar-refractivity contribution is -0.176. The summed E-state index contributed by atoms with van der Waals surface area (Å²) >= 11 is 4.23. The lowest BCUT2D eigenvalue weighted by atomic mass is 9.78. The van der Waals surface area contributed by atoms with Crippen LogP contribution in [0.2, 0.25) is 0 Å². The van der Waals surface area contributed by atoms with Gasteiger partial charge in [0, 0.05) is 36.8 Å². The lowest BCUT2D eigenvalue weighted by Crippen LogP contribution is -2.61. The first-order valence-electron chi connectivity index (χ1n) is 13.4. The van der Waals surface area contributed by atoms with Gasteiger partial charge in [0.25, 0.3) is 5.92 Å².